The maximum atomic E-state index is 14.1. The van der Waals surface area contributed by atoms with Gasteiger partial charge < -0.3 is 4.74 Å². The van der Waals surface area contributed by atoms with Gasteiger partial charge in [-0.3, -0.25) is 9.69 Å². The van der Waals surface area contributed by atoms with E-state index in [1.807, 2.05) is 12.1 Å². The van der Waals surface area contributed by atoms with Crippen LogP contribution in [-0.4, -0.2) is 26.9 Å². The largest absolute Gasteiger partial charge is 0.452 e. The number of anilines is 2. The number of para-hydroxylation sites is 1. The summed E-state index contributed by atoms with van der Waals surface area (Å²) in [5.74, 6) is -2.81. The standard InChI is InChI=1S/C21H14ClFN2O5S2/c22-12-5-8-19-17(9-12)25(16-3-1-2-4-18(16)31-19)20(26)11-30-21(27)14-10-13(32(24,28)29)6-7-15(14)23/h1-10H,11H2,(H2,24,28,29). The third kappa shape index (κ3) is 4.35. The van der Waals surface area contributed by atoms with Crippen molar-refractivity contribution < 1.29 is 27.1 Å². The molecule has 11 heteroatoms. The predicted octanol–water partition coefficient (Wildman–Crippen LogP) is 4.11. The number of ether oxygens (including phenoxy) is 1. The van der Waals surface area contributed by atoms with E-state index in [2.05, 4.69) is 0 Å². The first-order chi connectivity index (χ1) is 15.1. The Kier molecular flexibility index (Phi) is 5.95. The van der Waals surface area contributed by atoms with Crippen molar-refractivity contribution in [3.05, 3.63) is 77.1 Å². The van der Waals surface area contributed by atoms with E-state index in [4.69, 9.17) is 21.5 Å². The Labute approximate surface area is 192 Å². The van der Waals surface area contributed by atoms with Crippen LogP contribution in [0.25, 0.3) is 0 Å². The summed E-state index contributed by atoms with van der Waals surface area (Å²) in [4.78, 5) is 28.0. The molecule has 0 saturated heterocycles. The minimum Gasteiger partial charge on any atom is -0.452 e. The second-order valence-corrected chi connectivity index (χ2v) is 9.76. The maximum Gasteiger partial charge on any atom is 0.341 e. The van der Waals surface area contributed by atoms with Crippen molar-refractivity contribution in [3.8, 4) is 0 Å². The van der Waals surface area contributed by atoms with Gasteiger partial charge in [0.1, 0.15) is 5.82 Å². The zero-order valence-electron chi connectivity index (χ0n) is 16.1. The Morgan fingerprint density at radius 2 is 1.75 bits per heavy atom. The number of benzene rings is 3. The van der Waals surface area contributed by atoms with Crippen LogP contribution >= 0.6 is 23.4 Å². The van der Waals surface area contributed by atoms with Crippen molar-refractivity contribution in [2.45, 2.75) is 14.7 Å². The van der Waals surface area contributed by atoms with Gasteiger partial charge in [0.25, 0.3) is 5.91 Å². The highest BCUT2D eigenvalue weighted by Gasteiger charge is 2.29. The van der Waals surface area contributed by atoms with Gasteiger partial charge in [-0.1, -0.05) is 35.5 Å². The Morgan fingerprint density at radius 1 is 1.03 bits per heavy atom. The summed E-state index contributed by atoms with van der Waals surface area (Å²) in [6.07, 6.45) is 0. The number of esters is 1. The molecule has 32 heavy (non-hydrogen) atoms. The first-order valence-corrected chi connectivity index (χ1v) is 11.8. The van der Waals surface area contributed by atoms with Crippen molar-refractivity contribution in [1.29, 1.82) is 0 Å². The summed E-state index contributed by atoms with van der Waals surface area (Å²) in [5, 5.41) is 5.44. The Bertz CT molecular complexity index is 1360. The Hall–Kier alpha value is -2.92. The minimum atomic E-state index is -4.16. The topological polar surface area (TPSA) is 107 Å². The van der Waals surface area contributed by atoms with E-state index in [0.29, 0.717) is 16.4 Å². The number of rotatable bonds is 4. The zero-order valence-corrected chi connectivity index (χ0v) is 18.5. The van der Waals surface area contributed by atoms with Crippen LogP contribution < -0.4 is 10.0 Å². The number of sulfonamides is 1. The van der Waals surface area contributed by atoms with E-state index < -0.39 is 44.8 Å². The van der Waals surface area contributed by atoms with Crippen LogP contribution in [0.1, 0.15) is 10.4 Å². The van der Waals surface area contributed by atoms with Gasteiger partial charge in [-0.25, -0.2) is 22.7 Å². The molecule has 1 heterocycles. The predicted molar refractivity (Wildman–Crippen MR) is 117 cm³/mol. The highest BCUT2D eigenvalue weighted by atomic mass is 35.5. The molecule has 0 radical (unpaired) electrons. The third-order valence-corrected chi connectivity index (χ3v) is 6.83. The molecule has 3 aromatic carbocycles. The molecule has 0 aromatic heterocycles. The van der Waals surface area contributed by atoms with Gasteiger partial charge in [-0.05, 0) is 48.5 Å². The van der Waals surface area contributed by atoms with Crippen LogP contribution in [0, 0.1) is 5.82 Å². The average Bonchev–Trinajstić information content (AvgIpc) is 2.75. The summed E-state index contributed by atoms with van der Waals surface area (Å²) in [6, 6.07) is 14.7. The molecule has 3 aromatic rings. The van der Waals surface area contributed by atoms with Crippen molar-refractivity contribution >= 4 is 56.6 Å². The minimum absolute atomic E-state index is 0.417. The van der Waals surface area contributed by atoms with E-state index in [-0.39, 0.29) is 0 Å². The lowest BCUT2D eigenvalue weighted by atomic mass is 10.2. The number of amides is 1. The number of hydrogen-bond donors (Lipinski definition) is 1. The van der Waals surface area contributed by atoms with Gasteiger partial charge in [0.15, 0.2) is 6.61 Å². The summed E-state index contributed by atoms with van der Waals surface area (Å²) in [6.45, 7) is -0.719. The molecule has 2 N–H and O–H groups in total. The molecule has 0 atom stereocenters. The second-order valence-electron chi connectivity index (χ2n) is 6.67. The lowest BCUT2D eigenvalue weighted by Gasteiger charge is -2.31. The SMILES string of the molecule is NS(=O)(=O)c1ccc(F)c(C(=O)OCC(=O)N2c3ccccc3Sc3ccc(Cl)cc32)c1. The number of fused-ring (bicyclic) bond motifs is 2. The van der Waals surface area contributed by atoms with E-state index in [1.54, 1.807) is 30.3 Å². The summed E-state index contributed by atoms with van der Waals surface area (Å²) < 4.78 is 42.0. The summed E-state index contributed by atoms with van der Waals surface area (Å²) in [7, 11) is -4.16. The second kappa shape index (κ2) is 8.55. The highest BCUT2D eigenvalue weighted by Crippen LogP contribution is 2.48. The molecule has 7 nitrogen and oxygen atoms in total. The van der Waals surface area contributed by atoms with Crippen molar-refractivity contribution in [2.75, 3.05) is 11.5 Å². The quantitative estimate of drug-likeness (QED) is 0.549. The van der Waals surface area contributed by atoms with E-state index in [0.717, 1.165) is 28.0 Å². The van der Waals surface area contributed by atoms with Crippen LogP contribution in [0.4, 0.5) is 15.8 Å². The van der Waals surface area contributed by atoms with Crippen molar-refractivity contribution in [3.63, 3.8) is 0 Å². The molecule has 0 unspecified atom stereocenters. The van der Waals surface area contributed by atoms with Crippen LogP contribution in [-0.2, 0) is 19.6 Å². The number of nitrogens with zero attached hydrogens (tertiary/aromatic N) is 1. The molecule has 0 bridgehead atoms. The Morgan fingerprint density at radius 3 is 2.50 bits per heavy atom. The van der Waals surface area contributed by atoms with Crippen LogP contribution in [0.5, 0.6) is 0 Å². The lowest BCUT2D eigenvalue weighted by Crippen LogP contribution is -2.32. The fourth-order valence-corrected chi connectivity index (χ4v) is 4.85. The maximum absolute atomic E-state index is 14.1. The Balaban J connectivity index is 1.61. The normalized spacial score (nSPS) is 12.7. The lowest BCUT2D eigenvalue weighted by molar-refractivity contribution is -0.121. The molecule has 1 aliphatic rings. The van der Waals surface area contributed by atoms with Gasteiger partial charge >= 0.3 is 5.97 Å². The highest BCUT2D eigenvalue weighted by molar-refractivity contribution is 7.99. The van der Waals surface area contributed by atoms with Crippen LogP contribution in [0.3, 0.4) is 0 Å². The van der Waals surface area contributed by atoms with Gasteiger partial charge in [0.05, 0.1) is 21.8 Å². The molecule has 164 valence electrons. The summed E-state index contributed by atoms with van der Waals surface area (Å²) in [5.41, 5.74) is 0.447. The fraction of sp³-hybridized carbons (Fsp3) is 0.0476. The van der Waals surface area contributed by atoms with Crippen molar-refractivity contribution in [1.82, 2.24) is 0 Å². The summed E-state index contributed by atoms with van der Waals surface area (Å²) >= 11 is 7.58. The number of carbonyl (C=O) groups is 2. The monoisotopic (exact) mass is 492 g/mol. The van der Waals surface area contributed by atoms with Crippen LogP contribution in [0.2, 0.25) is 5.02 Å². The smallest absolute Gasteiger partial charge is 0.341 e. The van der Waals surface area contributed by atoms with Gasteiger partial charge in [0.2, 0.25) is 10.0 Å². The average molecular weight is 493 g/mol. The zero-order chi connectivity index (χ0) is 23.0. The van der Waals surface area contributed by atoms with Gasteiger partial charge in [-0.15, -0.1) is 0 Å². The van der Waals surface area contributed by atoms with Gasteiger partial charge in [-0.2, -0.15) is 0 Å². The molecule has 4 rings (SSSR count). The molecule has 0 fully saturated rings. The first kappa shape index (κ1) is 22.3. The molecule has 0 aliphatic carbocycles. The first-order valence-electron chi connectivity index (χ1n) is 9.04. The van der Waals surface area contributed by atoms with E-state index in [1.165, 1.54) is 16.7 Å². The van der Waals surface area contributed by atoms with Crippen molar-refractivity contribution in [2.24, 2.45) is 5.14 Å². The number of carbonyl (C=O) groups excluding carboxylic acids is 2. The molecule has 0 spiro atoms. The molecule has 1 aliphatic heterocycles. The molecule has 1 amide bonds. The third-order valence-electron chi connectivity index (χ3n) is 4.55. The number of primary sulfonamides is 1. The molecular weight excluding hydrogens is 479 g/mol. The fourth-order valence-electron chi connectivity index (χ4n) is 3.10. The number of nitrogens with two attached hydrogens (primary N) is 1. The molecule has 0 saturated carbocycles. The van der Waals surface area contributed by atoms with Crippen LogP contribution in [0.15, 0.2) is 75.4 Å². The van der Waals surface area contributed by atoms with E-state index in [9.17, 15) is 22.4 Å². The number of hydrogen-bond acceptors (Lipinski definition) is 6. The molecular formula is C21H14ClFN2O5S2. The number of halogens is 2. The van der Waals surface area contributed by atoms with E-state index >= 15 is 0 Å². The van der Waals surface area contributed by atoms with Gasteiger partial charge in [0, 0.05) is 14.8 Å².